The highest BCUT2D eigenvalue weighted by Crippen LogP contribution is 2.28. The van der Waals surface area contributed by atoms with E-state index >= 15 is 0 Å². The lowest BCUT2D eigenvalue weighted by atomic mass is 9.89. The van der Waals surface area contributed by atoms with Crippen LogP contribution in [0.4, 0.5) is 0 Å². The quantitative estimate of drug-likeness (QED) is 0.790. The zero-order chi connectivity index (χ0) is 16.2. The Hall–Kier alpha value is -0.810. The smallest absolute Gasteiger partial charge is 0.138 e. The fraction of sp³-hybridized carbons (Fsp3) is 0.667. The number of hydrogen-bond donors (Lipinski definition) is 3. The first kappa shape index (κ1) is 17.0. The third kappa shape index (κ3) is 4.18. The van der Waals surface area contributed by atoms with Gasteiger partial charge in [0.2, 0.25) is 0 Å². The number of piperidine rings is 1. The SMILES string of the molecule is Oc1c(Cl)cccc1CNC1CCN(C2CCCCC2O)CC1. The number of nitrogens with one attached hydrogen (secondary N) is 1. The van der Waals surface area contributed by atoms with E-state index in [1.807, 2.05) is 12.1 Å². The minimum Gasteiger partial charge on any atom is -0.506 e. The van der Waals surface area contributed by atoms with Crippen LogP contribution >= 0.6 is 11.6 Å². The van der Waals surface area contributed by atoms with Crippen molar-refractivity contribution in [2.24, 2.45) is 0 Å². The van der Waals surface area contributed by atoms with Crippen LogP contribution in [0.25, 0.3) is 0 Å². The summed E-state index contributed by atoms with van der Waals surface area (Å²) in [6.45, 7) is 2.73. The average molecular weight is 339 g/mol. The zero-order valence-electron chi connectivity index (χ0n) is 13.5. The van der Waals surface area contributed by atoms with Gasteiger partial charge in [-0.25, -0.2) is 0 Å². The van der Waals surface area contributed by atoms with E-state index in [1.165, 1.54) is 12.8 Å². The normalized spacial score (nSPS) is 27.2. The largest absolute Gasteiger partial charge is 0.506 e. The fourth-order valence-electron chi connectivity index (χ4n) is 3.91. The van der Waals surface area contributed by atoms with Crippen LogP contribution in [0.2, 0.25) is 5.02 Å². The van der Waals surface area contributed by atoms with Gasteiger partial charge in [-0.3, -0.25) is 4.90 Å². The second-order valence-corrected chi connectivity index (χ2v) is 7.27. The van der Waals surface area contributed by atoms with Crippen molar-refractivity contribution in [3.8, 4) is 5.75 Å². The van der Waals surface area contributed by atoms with Crippen molar-refractivity contribution in [1.29, 1.82) is 0 Å². The molecule has 2 fully saturated rings. The number of hydrogen-bond acceptors (Lipinski definition) is 4. The van der Waals surface area contributed by atoms with Gasteiger partial charge in [-0.15, -0.1) is 0 Å². The maximum Gasteiger partial charge on any atom is 0.138 e. The van der Waals surface area contributed by atoms with E-state index in [0.29, 0.717) is 23.7 Å². The third-order valence-electron chi connectivity index (χ3n) is 5.34. The number of phenolic OH excluding ortho intramolecular Hbond substituents is 1. The van der Waals surface area contributed by atoms with E-state index in [2.05, 4.69) is 10.2 Å². The van der Waals surface area contributed by atoms with Gasteiger partial charge < -0.3 is 15.5 Å². The highest BCUT2D eigenvalue weighted by Gasteiger charge is 2.31. The molecular formula is C18H27ClN2O2. The van der Waals surface area contributed by atoms with Crippen molar-refractivity contribution in [3.05, 3.63) is 28.8 Å². The number of aliphatic hydroxyl groups is 1. The van der Waals surface area contributed by atoms with Crippen LogP contribution < -0.4 is 5.32 Å². The van der Waals surface area contributed by atoms with E-state index in [-0.39, 0.29) is 11.9 Å². The maximum atomic E-state index is 10.2. The van der Waals surface area contributed by atoms with Crippen molar-refractivity contribution in [1.82, 2.24) is 10.2 Å². The Bertz CT molecular complexity index is 518. The van der Waals surface area contributed by atoms with Crippen molar-refractivity contribution >= 4 is 11.6 Å². The predicted octanol–water partition coefficient (Wildman–Crippen LogP) is 2.90. The Labute approximate surface area is 143 Å². The Morgan fingerprint density at radius 2 is 1.87 bits per heavy atom. The number of rotatable bonds is 4. The maximum absolute atomic E-state index is 10.2. The number of nitrogens with zero attached hydrogens (tertiary/aromatic N) is 1. The molecule has 1 saturated heterocycles. The van der Waals surface area contributed by atoms with Crippen LogP contribution in [0.5, 0.6) is 5.75 Å². The predicted molar refractivity (Wildman–Crippen MR) is 92.8 cm³/mol. The van der Waals surface area contributed by atoms with Crippen molar-refractivity contribution in [3.63, 3.8) is 0 Å². The van der Waals surface area contributed by atoms with Crippen LogP contribution in [0.15, 0.2) is 18.2 Å². The van der Waals surface area contributed by atoms with Crippen LogP contribution in [0, 0.1) is 0 Å². The van der Waals surface area contributed by atoms with Gasteiger partial charge in [0, 0.05) is 37.3 Å². The van der Waals surface area contributed by atoms with E-state index in [1.54, 1.807) is 6.07 Å². The van der Waals surface area contributed by atoms with Gasteiger partial charge in [-0.1, -0.05) is 36.6 Å². The Morgan fingerprint density at radius 1 is 1.13 bits per heavy atom. The molecule has 0 bridgehead atoms. The first-order chi connectivity index (χ1) is 11.1. The summed E-state index contributed by atoms with van der Waals surface area (Å²) in [6, 6.07) is 6.30. The van der Waals surface area contributed by atoms with Crippen molar-refractivity contribution in [2.45, 2.75) is 63.3 Å². The summed E-state index contributed by atoms with van der Waals surface area (Å²) in [6.07, 6.45) is 6.53. The van der Waals surface area contributed by atoms with Crippen molar-refractivity contribution in [2.75, 3.05) is 13.1 Å². The lowest BCUT2D eigenvalue weighted by Crippen LogP contribution is -2.51. The highest BCUT2D eigenvalue weighted by atomic mass is 35.5. The van der Waals surface area contributed by atoms with Crippen LogP contribution in [-0.4, -0.2) is 46.4 Å². The number of benzene rings is 1. The summed E-state index contributed by atoms with van der Waals surface area (Å²) in [7, 11) is 0. The van der Waals surface area contributed by atoms with E-state index in [9.17, 15) is 10.2 Å². The molecular weight excluding hydrogens is 312 g/mol. The summed E-state index contributed by atoms with van der Waals surface area (Å²) in [5.74, 6) is 0.185. The number of para-hydroxylation sites is 1. The molecule has 0 amide bonds. The standard InChI is InChI=1S/C18H27ClN2O2/c19-15-5-3-4-13(18(15)23)12-20-14-8-10-21(11-9-14)16-6-1-2-7-17(16)22/h3-5,14,16-17,20,22-23H,1-2,6-12H2. The fourth-order valence-corrected chi connectivity index (χ4v) is 4.10. The minimum atomic E-state index is -0.142. The second-order valence-electron chi connectivity index (χ2n) is 6.86. The number of aromatic hydroxyl groups is 1. The van der Waals surface area contributed by atoms with E-state index < -0.39 is 0 Å². The first-order valence-corrected chi connectivity index (χ1v) is 9.15. The second kappa shape index (κ2) is 7.84. The lowest BCUT2D eigenvalue weighted by molar-refractivity contribution is 0.00713. The van der Waals surface area contributed by atoms with Gasteiger partial charge in [0.1, 0.15) is 5.75 Å². The molecule has 2 atom stereocenters. The summed E-state index contributed by atoms with van der Waals surface area (Å²) in [5.41, 5.74) is 0.850. The number of aliphatic hydroxyl groups excluding tert-OH is 1. The number of likely N-dealkylation sites (tertiary alicyclic amines) is 1. The molecule has 2 aliphatic rings. The molecule has 3 rings (SSSR count). The molecule has 3 N–H and O–H groups in total. The van der Waals surface area contributed by atoms with E-state index in [4.69, 9.17) is 11.6 Å². The number of phenols is 1. The van der Waals surface area contributed by atoms with Gasteiger partial charge in [-0.05, 0) is 31.7 Å². The molecule has 1 aliphatic carbocycles. The molecule has 0 radical (unpaired) electrons. The zero-order valence-corrected chi connectivity index (χ0v) is 14.3. The minimum absolute atomic E-state index is 0.142. The average Bonchev–Trinajstić information content (AvgIpc) is 2.57. The van der Waals surface area contributed by atoms with E-state index in [0.717, 1.165) is 44.3 Å². The van der Waals surface area contributed by atoms with Crippen molar-refractivity contribution < 1.29 is 10.2 Å². The molecule has 23 heavy (non-hydrogen) atoms. The van der Waals surface area contributed by atoms with Crippen LogP contribution in [0.1, 0.15) is 44.1 Å². The Morgan fingerprint density at radius 3 is 2.61 bits per heavy atom. The molecule has 128 valence electrons. The third-order valence-corrected chi connectivity index (χ3v) is 5.65. The van der Waals surface area contributed by atoms with Crippen LogP contribution in [-0.2, 0) is 6.54 Å². The van der Waals surface area contributed by atoms with Gasteiger partial charge in [0.05, 0.1) is 11.1 Å². The number of halogens is 1. The molecule has 4 nitrogen and oxygen atoms in total. The van der Waals surface area contributed by atoms with Gasteiger partial charge >= 0.3 is 0 Å². The topological polar surface area (TPSA) is 55.7 Å². The molecule has 5 heteroatoms. The molecule has 0 spiro atoms. The lowest BCUT2D eigenvalue weighted by Gasteiger charge is -2.41. The summed E-state index contributed by atoms with van der Waals surface area (Å²) in [5, 5.41) is 24.1. The summed E-state index contributed by atoms with van der Waals surface area (Å²) >= 11 is 5.95. The monoisotopic (exact) mass is 338 g/mol. The molecule has 2 unspecified atom stereocenters. The van der Waals surface area contributed by atoms with Crippen LogP contribution in [0.3, 0.4) is 0 Å². The molecule has 0 aromatic heterocycles. The molecule has 1 aromatic rings. The van der Waals surface area contributed by atoms with Gasteiger partial charge in [-0.2, -0.15) is 0 Å². The Balaban J connectivity index is 1.47. The summed E-state index contributed by atoms with van der Waals surface area (Å²) < 4.78 is 0. The van der Waals surface area contributed by atoms with Gasteiger partial charge in [0.25, 0.3) is 0 Å². The molecule has 1 heterocycles. The first-order valence-electron chi connectivity index (χ1n) is 8.77. The molecule has 1 aliphatic heterocycles. The Kier molecular flexibility index (Phi) is 5.81. The molecule has 1 saturated carbocycles. The summed E-state index contributed by atoms with van der Waals surface area (Å²) in [4.78, 5) is 2.47. The molecule has 1 aromatic carbocycles. The highest BCUT2D eigenvalue weighted by molar-refractivity contribution is 6.32. The van der Waals surface area contributed by atoms with Gasteiger partial charge in [0.15, 0.2) is 0 Å².